The maximum atomic E-state index is 13.5. The molecule has 0 atom stereocenters. The highest BCUT2D eigenvalue weighted by atomic mass is 16.5. The molecule has 0 heterocycles. The standard InChI is InChI=1S/C32H26N2O3/c1-21-11-13-22(14-12-21)31(35)34-30(32(36)33-25-15-17-26(37-2)18-16-25)20-29-27-9-5-3-7-23(27)19-24-8-4-6-10-28(24)29/h3-20H,1-2H3,(H,33,36)(H,34,35)/b30-20+. The molecule has 2 amide bonds. The third-order valence-corrected chi connectivity index (χ3v) is 6.26. The molecule has 182 valence electrons. The van der Waals surface area contributed by atoms with Gasteiger partial charge in [-0.05, 0) is 82.6 Å². The summed E-state index contributed by atoms with van der Waals surface area (Å²) in [5, 5.41) is 9.83. The number of carbonyl (C=O) groups excluding carboxylic acids is 2. The van der Waals surface area contributed by atoms with Gasteiger partial charge >= 0.3 is 0 Å². The number of anilines is 1. The number of carbonyl (C=O) groups is 2. The molecule has 5 aromatic carbocycles. The molecule has 0 bridgehead atoms. The molecule has 5 heteroatoms. The molecule has 0 aliphatic carbocycles. The van der Waals surface area contributed by atoms with Crippen molar-refractivity contribution in [2.75, 3.05) is 12.4 Å². The molecular formula is C32H26N2O3. The van der Waals surface area contributed by atoms with Crippen molar-refractivity contribution in [1.82, 2.24) is 5.32 Å². The van der Waals surface area contributed by atoms with Crippen molar-refractivity contribution < 1.29 is 14.3 Å². The number of benzene rings is 5. The number of fused-ring (bicyclic) bond motifs is 2. The van der Waals surface area contributed by atoms with Crippen LogP contribution in [-0.4, -0.2) is 18.9 Å². The molecule has 0 fully saturated rings. The Morgan fingerprint density at radius 1 is 0.757 bits per heavy atom. The summed E-state index contributed by atoms with van der Waals surface area (Å²) in [6.07, 6.45) is 1.76. The summed E-state index contributed by atoms with van der Waals surface area (Å²) in [5.41, 5.74) is 3.10. The molecule has 0 saturated heterocycles. The predicted octanol–water partition coefficient (Wildman–Crippen LogP) is 6.72. The van der Waals surface area contributed by atoms with E-state index in [0.717, 1.165) is 32.7 Å². The van der Waals surface area contributed by atoms with Gasteiger partial charge in [-0.1, -0.05) is 66.2 Å². The lowest BCUT2D eigenvalue weighted by Gasteiger charge is -2.14. The number of rotatable bonds is 6. The Morgan fingerprint density at radius 2 is 1.35 bits per heavy atom. The first-order chi connectivity index (χ1) is 18.0. The summed E-state index contributed by atoms with van der Waals surface area (Å²) in [6.45, 7) is 1.96. The van der Waals surface area contributed by atoms with E-state index in [-0.39, 0.29) is 11.6 Å². The van der Waals surface area contributed by atoms with Crippen LogP contribution < -0.4 is 15.4 Å². The first-order valence-corrected chi connectivity index (χ1v) is 12.0. The molecule has 0 saturated carbocycles. The topological polar surface area (TPSA) is 67.4 Å². The van der Waals surface area contributed by atoms with Gasteiger partial charge in [0.1, 0.15) is 11.4 Å². The molecule has 0 aliphatic heterocycles. The number of aryl methyl sites for hydroxylation is 1. The van der Waals surface area contributed by atoms with Crippen LogP contribution in [0.2, 0.25) is 0 Å². The number of amides is 2. The summed E-state index contributed by atoms with van der Waals surface area (Å²) < 4.78 is 5.21. The maximum Gasteiger partial charge on any atom is 0.272 e. The minimum Gasteiger partial charge on any atom is -0.497 e. The van der Waals surface area contributed by atoms with Gasteiger partial charge in [-0.3, -0.25) is 9.59 Å². The Balaban J connectivity index is 1.61. The normalized spacial score (nSPS) is 11.4. The zero-order chi connectivity index (χ0) is 25.8. The monoisotopic (exact) mass is 486 g/mol. The Labute approximate surface area is 215 Å². The van der Waals surface area contributed by atoms with Crippen molar-refractivity contribution in [1.29, 1.82) is 0 Å². The minimum absolute atomic E-state index is 0.142. The van der Waals surface area contributed by atoms with Gasteiger partial charge in [-0.2, -0.15) is 0 Å². The van der Waals surface area contributed by atoms with Gasteiger partial charge < -0.3 is 15.4 Å². The van der Waals surface area contributed by atoms with Crippen LogP contribution >= 0.6 is 0 Å². The maximum absolute atomic E-state index is 13.5. The average Bonchev–Trinajstić information content (AvgIpc) is 2.93. The van der Waals surface area contributed by atoms with Crippen molar-refractivity contribution in [2.24, 2.45) is 0 Å². The van der Waals surface area contributed by atoms with Gasteiger partial charge in [0.15, 0.2) is 0 Å². The summed E-state index contributed by atoms with van der Waals surface area (Å²) >= 11 is 0. The lowest BCUT2D eigenvalue weighted by molar-refractivity contribution is -0.113. The molecule has 2 N–H and O–H groups in total. The third-order valence-electron chi connectivity index (χ3n) is 6.26. The molecule has 0 aliphatic rings. The summed E-state index contributed by atoms with van der Waals surface area (Å²) in [5.74, 6) is -0.105. The largest absolute Gasteiger partial charge is 0.497 e. The smallest absolute Gasteiger partial charge is 0.272 e. The van der Waals surface area contributed by atoms with Crippen molar-refractivity contribution in [3.05, 3.63) is 126 Å². The van der Waals surface area contributed by atoms with E-state index in [1.54, 1.807) is 49.6 Å². The number of nitrogens with one attached hydrogen (secondary N) is 2. The van der Waals surface area contributed by atoms with E-state index in [1.807, 2.05) is 67.6 Å². The van der Waals surface area contributed by atoms with Crippen LogP contribution in [0.4, 0.5) is 5.69 Å². The van der Waals surface area contributed by atoms with Gasteiger partial charge in [0.25, 0.3) is 11.8 Å². The van der Waals surface area contributed by atoms with Crippen LogP contribution in [0.15, 0.2) is 109 Å². The highest BCUT2D eigenvalue weighted by molar-refractivity contribution is 6.14. The summed E-state index contributed by atoms with van der Waals surface area (Å²) in [4.78, 5) is 26.7. The number of ether oxygens (including phenoxy) is 1. The van der Waals surface area contributed by atoms with Crippen molar-refractivity contribution in [2.45, 2.75) is 6.92 Å². The van der Waals surface area contributed by atoms with E-state index < -0.39 is 5.91 Å². The van der Waals surface area contributed by atoms with E-state index in [9.17, 15) is 9.59 Å². The van der Waals surface area contributed by atoms with Gasteiger partial charge in [0.2, 0.25) is 0 Å². The van der Waals surface area contributed by atoms with Crippen molar-refractivity contribution in [3.63, 3.8) is 0 Å². The number of hydrogen-bond donors (Lipinski definition) is 2. The zero-order valence-corrected chi connectivity index (χ0v) is 20.6. The van der Waals surface area contributed by atoms with Crippen LogP contribution in [0.5, 0.6) is 5.75 Å². The van der Waals surface area contributed by atoms with Crippen molar-refractivity contribution in [3.8, 4) is 5.75 Å². The number of methoxy groups -OCH3 is 1. The van der Waals surface area contributed by atoms with Gasteiger partial charge in [0.05, 0.1) is 7.11 Å². The molecule has 5 aromatic rings. The van der Waals surface area contributed by atoms with E-state index in [4.69, 9.17) is 4.74 Å². The Morgan fingerprint density at radius 3 is 1.95 bits per heavy atom. The fraction of sp³-hybridized carbons (Fsp3) is 0.0625. The lowest BCUT2D eigenvalue weighted by Crippen LogP contribution is -2.30. The lowest BCUT2D eigenvalue weighted by atomic mass is 9.96. The highest BCUT2D eigenvalue weighted by Crippen LogP contribution is 2.30. The van der Waals surface area contributed by atoms with E-state index >= 15 is 0 Å². The SMILES string of the molecule is COc1ccc(NC(=O)/C(=C\c2c3ccccc3cc3ccccc23)NC(=O)c2ccc(C)cc2)cc1. The summed E-state index contributed by atoms with van der Waals surface area (Å²) in [6, 6.07) is 32.4. The first-order valence-electron chi connectivity index (χ1n) is 12.0. The molecule has 0 unspecified atom stereocenters. The third kappa shape index (κ3) is 5.21. The van der Waals surface area contributed by atoms with E-state index in [1.165, 1.54) is 0 Å². The molecule has 37 heavy (non-hydrogen) atoms. The fourth-order valence-corrected chi connectivity index (χ4v) is 4.28. The second-order valence-corrected chi connectivity index (χ2v) is 8.79. The minimum atomic E-state index is -0.428. The Bertz CT molecular complexity index is 1580. The van der Waals surface area contributed by atoms with Crippen LogP contribution in [0.3, 0.4) is 0 Å². The van der Waals surface area contributed by atoms with Crippen LogP contribution in [0.25, 0.3) is 27.6 Å². The molecule has 0 radical (unpaired) electrons. The molecule has 5 rings (SSSR count). The summed E-state index contributed by atoms with van der Waals surface area (Å²) in [7, 11) is 1.59. The average molecular weight is 487 g/mol. The molecule has 0 aromatic heterocycles. The fourth-order valence-electron chi connectivity index (χ4n) is 4.28. The Hall–Kier alpha value is -4.90. The van der Waals surface area contributed by atoms with Gasteiger partial charge in [0, 0.05) is 11.3 Å². The number of hydrogen-bond acceptors (Lipinski definition) is 3. The molecule has 5 nitrogen and oxygen atoms in total. The van der Waals surface area contributed by atoms with Crippen LogP contribution in [0, 0.1) is 6.92 Å². The highest BCUT2D eigenvalue weighted by Gasteiger charge is 2.17. The van der Waals surface area contributed by atoms with E-state index in [2.05, 4.69) is 16.7 Å². The van der Waals surface area contributed by atoms with Gasteiger partial charge in [-0.25, -0.2) is 0 Å². The van der Waals surface area contributed by atoms with Crippen LogP contribution in [0.1, 0.15) is 21.5 Å². The molecule has 0 spiro atoms. The second kappa shape index (κ2) is 10.4. The van der Waals surface area contributed by atoms with Crippen molar-refractivity contribution >= 4 is 45.1 Å². The Kier molecular flexibility index (Phi) is 6.68. The molecular weight excluding hydrogens is 460 g/mol. The quantitative estimate of drug-likeness (QED) is 0.207. The van der Waals surface area contributed by atoms with Crippen LogP contribution in [-0.2, 0) is 4.79 Å². The predicted molar refractivity (Wildman–Crippen MR) is 150 cm³/mol. The van der Waals surface area contributed by atoms with E-state index in [0.29, 0.717) is 17.0 Å². The van der Waals surface area contributed by atoms with Gasteiger partial charge in [-0.15, -0.1) is 0 Å². The second-order valence-electron chi connectivity index (χ2n) is 8.79. The zero-order valence-electron chi connectivity index (χ0n) is 20.6. The first kappa shape index (κ1) is 23.8.